The highest BCUT2D eigenvalue weighted by Gasteiger charge is 2.15. The average molecular weight is 475 g/mol. The molecule has 0 bridgehead atoms. The van der Waals surface area contributed by atoms with Crippen molar-refractivity contribution in [3.63, 3.8) is 0 Å². The average Bonchev–Trinajstić information content (AvgIpc) is 2.84. The second-order valence-corrected chi connectivity index (χ2v) is 7.29. The molecule has 0 fully saturated rings. The van der Waals surface area contributed by atoms with Crippen LogP contribution in [0.2, 0.25) is 5.02 Å². The number of nitrogens with one attached hydrogen (secondary N) is 1. The van der Waals surface area contributed by atoms with Crippen molar-refractivity contribution in [2.75, 3.05) is 11.9 Å². The number of nitriles is 1. The highest BCUT2D eigenvalue weighted by Crippen LogP contribution is 2.23. The van der Waals surface area contributed by atoms with Crippen LogP contribution in [0.3, 0.4) is 0 Å². The standard InChI is InChI=1S/C26H19ClN2O5/c1-2-33-25(31)17-9-13-22(14-10-17)29-24(30)20(16-28)15-19-5-3-4-6-23(19)34-26(32)18-7-11-21(27)12-8-18/h3-15H,2H2,1H3,(H,29,30)/b20-15+. The van der Waals surface area contributed by atoms with Crippen molar-refractivity contribution in [2.45, 2.75) is 6.92 Å². The Morgan fingerprint density at radius 1 is 0.941 bits per heavy atom. The highest BCUT2D eigenvalue weighted by atomic mass is 35.5. The third-order valence-electron chi connectivity index (χ3n) is 4.52. The Balaban J connectivity index is 1.76. The maximum atomic E-state index is 12.6. The molecule has 170 valence electrons. The molecule has 0 aliphatic carbocycles. The minimum atomic E-state index is -0.662. The SMILES string of the molecule is CCOC(=O)c1ccc(NC(=O)/C(C#N)=C/c2ccccc2OC(=O)c2ccc(Cl)cc2)cc1. The van der Waals surface area contributed by atoms with Gasteiger partial charge in [-0.25, -0.2) is 9.59 Å². The molecule has 3 aromatic rings. The summed E-state index contributed by atoms with van der Waals surface area (Å²) in [5.74, 6) is -1.56. The van der Waals surface area contributed by atoms with Gasteiger partial charge in [0.2, 0.25) is 0 Å². The summed E-state index contributed by atoms with van der Waals surface area (Å²) in [5.41, 5.74) is 1.19. The lowest BCUT2D eigenvalue weighted by molar-refractivity contribution is -0.112. The zero-order valence-electron chi connectivity index (χ0n) is 18.1. The van der Waals surface area contributed by atoms with E-state index in [0.29, 0.717) is 27.4 Å². The lowest BCUT2D eigenvalue weighted by Crippen LogP contribution is -2.14. The van der Waals surface area contributed by atoms with Crippen LogP contribution in [0.5, 0.6) is 5.75 Å². The van der Waals surface area contributed by atoms with Crippen molar-refractivity contribution >= 4 is 41.2 Å². The molecule has 0 aromatic heterocycles. The van der Waals surface area contributed by atoms with Crippen LogP contribution in [-0.4, -0.2) is 24.5 Å². The molecule has 0 saturated carbocycles. The van der Waals surface area contributed by atoms with E-state index in [9.17, 15) is 19.6 Å². The van der Waals surface area contributed by atoms with E-state index < -0.39 is 17.8 Å². The first-order valence-electron chi connectivity index (χ1n) is 10.2. The van der Waals surface area contributed by atoms with E-state index >= 15 is 0 Å². The number of esters is 2. The van der Waals surface area contributed by atoms with Crippen LogP contribution in [0.4, 0.5) is 5.69 Å². The number of anilines is 1. The molecular formula is C26H19ClN2O5. The number of hydrogen-bond acceptors (Lipinski definition) is 6. The lowest BCUT2D eigenvalue weighted by atomic mass is 10.1. The van der Waals surface area contributed by atoms with Gasteiger partial charge in [0.15, 0.2) is 0 Å². The number of hydrogen-bond donors (Lipinski definition) is 1. The molecule has 34 heavy (non-hydrogen) atoms. The number of halogens is 1. The Bertz CT molecular complexity index is 1280. The number of carbonyl (C=O) groups excluding carboxylic acids is 3. The smallest absolute Gasteiger partial charge is 0.343 e. The third-order valence-corrected chi connectivity index (χ3v) is 4.77. The fourth-order valence-electron chi connectivity index (χ4n) is 2.84. The van der Waals surface area contributed by atoms with Crippen molar-refractivity contribution in [1.82, 2.24) is 0 Å². The number of ether oxygens (including phenoxy) is 2. The van der Waals surface area contributed by atoms with Crippen molar-refractivity contribution in [2.24, 2.45) is 0 Å². The van der Waals surface area contributed by atoms with E-state index in [1.807, 2.05) is 6.07 Å². The monoisotopic (exact) mass is 474 g/mol. The maximum Gasteiger partial charge on any atom is 0.343 e. The van der Waals surface area contributed by atoms with Gasteiger partial charge >= 0.3 is 11.9 Å². The van der Waals surface area contributed by atoms with Gasteiger partial charge in [-0.1, -0.05) is 29.8 Å². The fourth-order valence-corrected chi connectivity index (χ4v) is 2.97. The largest absolute Gasteiger partial charge is 0.462 e. The molecule has 7 nitrogen and oxygen atoms in total. The molecule has 3 aromatic carbocycles. The van der Waals surface area contributed by atoms with Crippen molar-refractivity contribution in [3.05, 3.63) is 100 Å². The topological polar surface area (TPSA) is 105 Å². The summed E-state index contributed by atoms with van der Waals surface area (Å²) in [6.45, 7) is 1.96. The van der Waals surface area contributed by atoms with E-state index in [-0.39, 0.29) is 17.9 Å². The minimum Gasteiger partial charge on any atom is -0.462 e. The summed E-state index contributed by atoms with van der Waals surface area (Å²) < 4.78 is 10.4. The van der Waals surface area contributed by atoms with Crippen LogP contribution in [0.1, 0.15) is 33.2 Å². The minimum absolute atomic E-state index is 0.182. The van der Waals surface area contributed by atoms with Gasteiger partial charge in [0.1, 0.15) is 17.4 Å². The molecule has 8 heteroatoms. The van der Waals surface area contributed by atoms with Gasteiger partial charge in [-0.05, 0) is 67.6 Å². The van der Waals surface area contributed by atoms with Gasteiger partial charge in [-0.3, -0.25) is 4.79 Å². The summed E-state index contributed by atoms with van der Waals surface area (Å²) in [4.78, 5) is 36.8. The predicted octanol–water partition coefficient (Wildman–Crippen LogP) is 5.28. The fraction of sp³-hybridized carbons (Fsp3) is 0.0769. The lowest BCUT2D eigenvalue weighted by Gasteiger charge is -2.09. The molecule has 1 amide bonds. The van der Waals surface area contributed by atoms with E-state index in [1.54, 1.807) is 43.3 Å². The molecular weight excluding hydrogens is 456 g/mol. The first-order chi connectivity index (χ1) is 16.4. The Labute approximate surface area is 201 Å². The molecule has 0 saturated heterocycles. The number of para-hydroxylation sites is 1. The molecule has 0 radical (unpaired) electrons. The Morgan fingerprint density at radius 2 is 1.56 bits per heavy atom. The third kappa shape index (κ3) is 6.31. The Hall–Kier alpha value is -4.41. The normalized spacial score (nSPS) is 10.7. The number of carbonyl (C=O) groups is 3. The van der Waals surface area contributed by atoms with Crippen molar-refractivity contribution in [3.8, 4) is 11.8 Å². The van der Waals surface area contributed by atoms with Gasteiger partial charge in [0, 0.05) is 16.3 Å². The van der Waals surface area contributed by atoms with Crippen molar-refractivity contribution < 1.29 is 23.9 Å². The second kappa shape index (κ2) is 11.5. The summed E-state index contributed by atoms with van der Waals surface area (Å²) in [6, 6.07) is 20.7. The van der Waals surface area contributed by atoms with E-state index in [0.717, 1.165) is 0 Å². The molecule has 1 N–H and O–H groups in total. The van der Waals surface area contributed by atoms with Gasteiger partial charge < -0.3 is 14.8 Å². The van der Waals surface area contributed by atoms with Gasteiger partial charge in [-0.2, -0.15) is 5.26 Å². The van der Waals surface area contributed by atoms with Crippen LogP contribution in [-0.2, 0) is 9.53 Å². The molecule has 0 heterocycles. The Morgan fingerprint density at radius 3 is 2.21 bits per heavy atom. The summed E-state index contributed by atoms with van der Waals surface area (Å²) in [7, 11) is 0. The molecule has 0 aliphatic heterocycles. The van der Waals surface area contributed by atoms with Crippen LogP contribution < -0.4 is 10.1 Å². The molecule has 0 spiro atoms. The number of nitrogens with zero attached hydrogens (tertiary/aromatic N) is 1. The summed E-state index contributed by atoms with van der Waals surface area (Å²) in [5, 5.41) is 12.6. The zero-order chi connectivity index (χ0) is 24.5. The number of amides is 1. The highest BCUT2D eigenvalue weighted by molar-refractivity contribution is 6.30. The maximum absolute atomic E-state index is 12.6. The van der Waals surface area contributed by atoms with E-state index in [2.05, 4.69) is 5.32 Å². The summed E-state index contributed by atoms with van der Waals surface area (Å²) >= 11 is 5.85. The van der Waals surface area contributed by atoms with Crippen LogP contribution in [0, 0.1) is 11.3 Å². The van der Waals surface area contributed by atoms with E-state index in [4.69, 9.17) is 21.1 Å². The van der Waals surface area contributed by atoms with Crippen molar-refractivity contribution in [1.29, 1.82) is 5.26 Å². The quantitative estimate of drug-likeness (QED) is 0.216. The molecule has 3 rings (SSSR count). The van der Waals surface area contributed by atoms with Gasteiger partial charge in [0.05, 0.1) is 17.7 Å². The first-order valence-corrected chi connectivity index (χ1v) is 10.6. The molecule has 0 atom stereocenters. The van der Waals surface area contributed by atoms with Gasteiger partial charge in [-0.15, -0.1) is 0 Å². The molecule has 0 aliphatic rings. The Kier molecular flexibility index (Phi) is 8.16. The van der Waals surface area contributed by atoms with Gasteiger partial charge in [0.25, 0.3) is 5.91 Å². The second-order valence-electron chi connectivity index (χ2n) is 6.86. The first kappa shape index (κ1) is 24.2. The zero-order valence-corrected chi connectivity index (χ0v) is 18.8. The number of rotatable bonds is 7. The summed E-state index contributed by atoms with van der Waals surface area (Å²) in [6.07, 6.45) is 1.33. The predicted molar refractivity (Wildman–Crippen MR) is 127 cm³/mol. The number of benzene rings is 3. The van der Waals surface area contributed by atoms with Crippen LogP contribution >= 0.6 is 11.6 Å². The van der Waals surface area contributed by atoms with E-state index in [1.165, 1.54) is 42.5 Å². The molecule has 0 unspecified atom stereocenters. The van der Waals surface area contributed by atoms with Crippen LogP contribution in [0.25, 0.3) is 6.08 Å². The van der Waals surface area contributed by atoms with Crippen LogP contribution in [0.15, 0.2) is 78.4 Å².